The Labute approximate surface area is 125 Å². The fourth-order valence-corrected chi connectivity index (χ4v) is 3.39. The third kappa shape index (κ3) is 2.94. The van der Waals surface area contributed by atoms with Gasteiger partial charge in [-0.3, -0.25) is 9.78 Å². The van der Waals surface area contributed by atoms with E-state index in [2.05, 4.69) is 16.9 Å². The fourth-order valence-electron chi connectivity index (χ4n) is 3.39. The molecule has 0 spiro atoms. The van der Waals surface area contributed by atoms with Gasteiger partial charge in [-0.05, 0) is 43.4 Å². The minimum Gasteiger partial charge on any atom is -0.396 e. The van der Waals surface area contributed by atoms with Gasteiger partial charge in [0.2, 0.25) is 0 Å². The molecular weight excluding hydrogens is 266 g/mol. The van der Waals surface area contributed by atoms with Gasteiger partial charge in [-0.25, -0.2) is 0 Å². The number of aromatic nitrogens is 1. The number of pyridine rings is 1. The van der Waals surface area contributed by atoms with E-state index < -0.39 is 0 Å². The second-order valence-corrected chi connectivity index (χ2v) is 6.25. The topological polar surface area (TPSA) is 56.7 Å². The lowest BCUT2D eigenvalue weighted by Gasteiger charge is -2.33. The predicted octanol–water partition coefficient (Wildman–Crippen LogP) is 0.914. The average molecular weight is 289 g/mol. The molecule has 2 aliphatic rings. The van der Waals surface area contributed by atoms with E-state index in [0.29, 0.717) is 6.54 Å². The van der Waals surface area contributed by atoms with E-state index in [0.717, 1.165) is 44.5 Å². The van der Waals surface area contributed by atoms with Gasteiger partial charge in [-0.1, -0.05) is 0 Å². The zero-order valence-electron chi connectivity index (χ0n) is 12.6. The van der Waals surface area contributed by atoms with Crippen molar-refractivity contribution in [2.45, 2.75) is 25.8 Å². The first-order chi connectivity index (χ1) is 10.2. The second kappa shape index (κ2) is 6.12. The van der Waals surface area contributed by atoms with Gasteiger partial charge in [0.25, 0.3) is 5.91 Å². The quantitative estimate of drug-likeness (QED) is 0.879. The summed E-state index contributed by atoms with van der Waals surface area (Å²) in [6.07, 6.45) is 6.49. The van der Waals surface area contributed by atoms with Gasteiger partial charge >= 0.3 is 0 Å². The number of amides is 1. The lowest BCUT2D eigenvalue weighted by molar-refractivity contribution is 0.0618. The van der Waals surface area contributed by atoms with Crippen molar-refractivity contribution in [2.24, 2.45) is 5.92 Å². The number of likely N-dealkylation sites (N-methyl/N-ethyl adjacent to an activating group) is 1. The number of aliphatic hydroxyl groups is 1. The molecule has 0 bridgehead atoms. The summed E-state index contributed by atoms with van der Waals surface area (Å²) in [5.41, 5.74) is 3.10. The number of rotatable bonds is 2. The number of hydrogen-bond donors (Lipinski definition) is 1. The number of nitrogens with zero attached hydrogens (tertiary/aromatic N) is 3. The highest BCUT2D eigenvalue weighted by Gasteiger charge is 2.27. The summed E-state index contributed by atoms with van der Waals surface area (Å²) >= 11 is 0. The van der Waals surface area contributed by atoms with Gasteiger partial charge < -0.3 is 14.9 Å². The summed E-state index contributed by atoms with van der Waals surface area (Å²) in [5.74, 6) is 0.309. The third-order valence-electron chi connectivity index (χ3n) is 4.63. The smallest absolute Gasteiger partial charge is 0.255 e. The maximum absolute atomic E-state index is 12.8. The highest BCUT2D eigenvalue weighted by Crippen LogP contribution is 2.24. The minimum atomic E-state index is 0.0852. The molecule has 1 aromatic rings. The summed E-state index contributed by atoms with van der Waals surface area (Å²) in [7, 11) is 2.09. The molecule has 0 aliphatic carbocycles. The van der Waals surface area contributed by atoms with Crippen LogP contribution in [-0.2, 0) is 13.0 Å². The Morgan fingerprint density at radius 2 is 2.29 bits per heavy atom. The van der Waals surface area contributed by atoms with Crippen LogP contribution in [0.1, 0.15) is 34.3 Å². The molecule has 21 heavy (non-hydrogen) atoms. The van der Waals surface area contributed by atoms with Gasteiger partial charge in [0.05, 0.1) is 5.56 Å². The van der Waals surface area contributed by atoms with Crippen molar-refractivity contribution in [2.75, 3.05) is 33.3 Å². The SMILES string of the molecule is CN1CCc2c(cncc2C(=O)N2CCCC(CO)C2)C1. The van der Waals surface area contributed by atoms with Crippen LogP contribution in [0, 0.1) is 5.92 Å². The van der Waals surface area contributed by atoms with E-state index in [1.54, 1.807) is 6.20 Å². The molecule has 0 saturated carbocycles. The largest absolute Gasteiger partial charge is 0.396 e. The summed E-state index contributed by atoms with van der Waals surface area (Å²) in [5, 5.41) is 9.33. The van der Waals surface area contributed by atoms with E-state index in [1.165, 1.54) is 11.1 Å². The van der Waals surface area contributed by atoms with Crippen molar-refractivity contribution in [1.82, 2.24) is 14.8 Å². The highest BCUT2D eigenvalue weighted by molar-refractivity contribution is 5.95. The van der Waals surface area contributed by atoms with Crippen LogP contribution in [0.15, 0.2) is 12.4 Å². The van der Waals surface area contributed by atoms with Gasteiger partial charge in [-0.2, -0.15) is 0 Å². The molecule has 3 rings (SSSR count). The highest BCUT2D eigenvalue weighted by atomic mass is 16.3. The van der Waals surface area contributed by atoms with Crippen molar-refractivity contribution in [3.05, 3.63) is 29.1 Å². The van der Waals surface area contributed by atoms with Crippen molar-refractivity contribution in [3.63, 3.8) is 0 Å². The number of carbonyl (C=O) groups is 1. The number of aliphatic hydroxyl groups excluding tert-OH is 1. The second-order valence-electron chi connectivity index (χ2n) is 6.25. The molecule has 1 unspecified atom stereocenters. The molecule has 1 atom stereocenters. The van der Waals surface area contributed by atoms with Crippen LogP contribution in [0.25, 0.3) is 0 Å². The van der Waals surface area contributed by atoms with Gasteiger partial charge in [0, 0.05) is 45.2 Å². The zero-order chi connectivity index (χ0) is 14.8. The summed E-state index contributed by atoms with van der Waals surface area (Å²) in [6, 6.07) is 0. The Hall–Kier alpha value is -1.46. The molecular formula is C16H23N3O2. The van der Waals surface area contributed by atoms with E-state index >= 15 is 0 Å². The summed E-state index contributed by atoms with van der Waals surface area (Å²) < 4.78 is 0. The van der Waals surface area contributed by atoms with Crippen molar-refractivity contribution in [3.8, 4) is 0 Å². The van der Waals surface area contributed by atoms with Crippen molar-refractivity contribution < 1.29 is 9.90 Å². The maximum Gasteiger partial charge on any atom is 0.255 e. The molecule has 5 nitrogen and oxygen atoms in total. The Balaban J connectivity index is 1.83. The van der Waals surface area contributed by atoms with Crippen LogP contribution in [-0.4, -0.2) is 59.1 Å². The molecule has 1 aromatic heterocycles. The first-order valence-corrected chi connectivity index (χ1v) is 7.73. The fraction of sp³-hybridized carbons (Fsp3) is 0.625. The monoisotopic (exact) mass is 289 g/mol. The van der Waals surface area contributed by atoms with Crippen LogP contribution in [0.2, 0.25) is 0 Å². The van der Waals surface area contributed by atoms with Gasteiger partial charge in [0.1, 0.15) is 0 Å². The molecule has 2 aliphatic heterocycles. The third-order valence-corrected chi connectivity index (χ3v) is 4.63. The molecule has 0 aromatic carbocycles. The first kappa shape index (κ1) is 14.5. The molecule has 114 valence electrons. The van der Waals surface area contributed by atoms with E-state index in [1.807, 2.05) is 11.1 Å². The Bertz CT molecular complexity index is 532. The normalized spacial score (nSPS) is 23.0. The number of hydrogen-bond acceptors (Lipinski definition) is 4. The number of piperidine rings is 1. The van der Waals surface area contributed by atoms with Gasteiger partial charge in [0.15, 0.2) is 0 Å². The molecule has 1 amide bonds. The van der Waals surface area contributed by atoms with Crippen molar-refractivity contribution >= 4 is 5.91 Å². The van der Waals surface area contributed by atoms with Crippen LogP contribution >= 0.6 is 0 Å². The number of fused-ring (bicyclic) bond motifs is 1. The molecule has 3 heterocycles. The average Bonchev–Trinajstić information content (AvgIpc) is 2.53. The van der Waals surface area contributed by atoms with E-state index in [9.17, 15) is 9.90 Å². The van der Waals surface area contributed by atoms with Crippen LogP contribution in [0.4, 0.5) is 0 Å². The summed E-state index contributed by atoms with van der Waals surface area (Å²) in [4.78, 5) is 21.2. The number of carbonyl (C=O) groups excluding carboxylic acids is 1. The molecule has 1 saturated heterocycles. The Morgan fingerprint density at radius 3 is 3.10 bits per heavy atom. The molecule has 1 N–H and O–H groups in total. The molecule has 5 heteroatoms. The minimum absolute atomic E-state index is 0.0852. The van der Waals surface area contributed by atoms with Crippen molar-refractivity contribution in [1.29, 1.82) is 0 Å². The van der Waals surface area contributed by atoms with Crippen LogP contribution in [0.3, 0.4) is 0 Å². The number of likely N-dealkylation sites (tertiary alicyclic amines) is 1. The van der Waals surface area contributed by atoms with Crippen LogP contribution in [0.5, 0.6) is 0 Å². The summed E-state index contributed by atoms with van der Waals surface area (Å²) in [6.45, 7) is 3.47. The van der Waals surface area contributed by atoms with Gasteiger partial charge in [-0.15, -0.1) is 0 Å². The lowest BCUT2D eigenvalue weighted by Crippen LogP contribution is -2.41. The lowest BCUT2D eigenvalue weighted by atomic mass is 9.94. The van der Waals surface area contributed by atoms with E-state index in [-0.39, 0.29) is 18.4 Å². The Kier molecular flexibility index (Phi) is 4.22. The predicted molar refractivity (Wildman–Crippen MR) is 80.0 cm³/mol. The van der Waals surface area contributed by atoms with Crippen LogP contribution < -0.4 is 0 Å². The zero-order valence-corrected chi connectivity index (χ0v) is 12.6. The maximum atomic E-state index is 12.8. The standard InChI is InChI=1S/C16H23N3O2/c1-18-6-4-14-13(10-18)7-17-8-15(14)16(21)19-5-2-3-12(9-19)11-20/h7-8,12,20H,2-6,9-11H2,1H3. The van der Waals surface area contributed by atoms with E-state index in [4.69, 9.17) is 0 Å². The first-order valence-electron chi connectivity index (χ1n) is 7.73. The molecule has 1 fully saturated rings. The Morgan fingerprint density at radius 1 is 1.43 bits per heavy atom. The molecule has 0 radical (unpaired) electrons.